The lowest BCUT2D eigenvalue weighted by Gasteiger charge is -2.09. The Kier molecular flexibility index (Phi) is 5.97. The van der Waals surface area contributed by atoms with Crippen molar-refractivity contribution < 1.29 is 22.4 Å². The van der Waals surface area contributed by atoms with Crippen molar-refractivity contribution in [2.75, 3.05) is 5.32 Å². The number of aryl methyl sites for hydroxylation is 1. The summed E-state index contributed by atoms with van der Waals surface area (Å²) >= 11 is 18.2. The van der Waals surface area contributed by atoms with Crippen molar-refractivity contribution in [2.45, 2.75) is 19.6 Å². The number of nitrogens with zero attached hydrogens (tertiary/aromatic N) is 5. The second kappa shape index (κ2) is 8.47. The van der Waals surface area contributed by atoms with Crippen LogP contribution in [0.2, 0.25) is 15.1 Å². The minimum Gasteiger partial charge on any atom is -0.302 e. The first kappa shape index (κ1) is 23.3. The molecular weight excluding hydrogens is 511 g/mol. The van der Waals surface area contributed by atoms with E-state index in [9.17, 15) is 22.4 Å². The van der Waals surface area contributed by atoms with Crippen molar-refractivity contribution in [2.24, 2.45) is 0 Å². The Morgan fingerprint density at radius 2 is 1.88 bits per heavy atom. The number of halogens is 7. The van der Waals surface area contributed by atoms with Crippen LogP contribution in [0.4, 0.5) is 23.4 Å². The number of amides is 1. The number of hydrogen-bond acceptors (Lipinski definition) is 4. The van der Waals surface area contributed by atoms with Gasteiger partial charge in [-0.2, -0.15) is 23.4 Å². The third kappa shape index (κ3) is 4.48. The molecule has 0 aliphatic heterocycles. The van der Waals surface area contributed by atoms with Crippen LogP contribution in [0.5, 0.6) is 0 Å². The van der Waals surface area contributed by atoms with E-state index in [0.29, 0.717) is 4.52 Å². The minimum absolute atomic E-state index is 0.0133. The van der Waals surface area contributed by atoms with Crippen LogP contribution in [-0.4, -0.2) is 30.3 Å². The zero-order chi connectivity index (χ0) is 24.1. The van der Waals surface area contributed by atoms with Crippen LogP contribution < -0.4 is 5.32 Å². The molecule has 4 rings (SSSR count). The van der Waals surface area contributed by atoms with Gasteiger partial charge in [0.25, 0.3) is 5.91 Å². The van der Waals surface area contributed by atoms with E-state index >= 15 is 0 Å². The van der Waals surface area contributed by atoms with E-state index in [1.54, 1.807) is 0 Å². The van der Waals surface area contributed by atoms with Gasteiger partial charge in [0.15, 0.2) is 17.2 Å². The second-order valence-corrected chi connectivity index (χ2v) is 8.05. The maximum atomic E-state index is 14.0. The van der Waals surface area contributed by atoms with Crippen LogP contribution in [-0.2, 0) is 12.7 Å². The quantitative estimate of drug-likeness (QED) is 0.352. The fraction of sp³-hybridized carbons (Fsp3) is 0.158. The number of benzene rings is 1. The number of alkyl halides is 3. The summed E-state index contributed by atoms with van der Waals surface area (Å²) in [5.74, 6) is -1.66. The van der Waals surface area contributed by atoms with Gasteiger partial charge in [-0.1, -0.05) is 40.9 Å². The fourth-order valence-corrected chi connectivity index (χ4v) is 3.70. The van der Waals surface area contributed by atoms with Crippen molar-refractivity contribution in [3.63, 3.8) is 0 Å². The lowest BCUT2D eigenvalue weighted by Crippen LogP contribution is -2.16. The summed E-state index contributed by atoms with van der Waals surface area (Å²) < 4.78 is 55.9. The van der Waals surface area contributed by atoms with Gasteiger partial charge in [-0.05, 0) is 25.1 Å². The molecule has 0 spiro atoms. The highest BCUT2D eigenvalue weighted by Gasteiger charge is 2.36. The number of hydrogen-bond donors (Lipinski definition) is 1. The van der Waals surface area contributed by atoms with Crippen molar-refractivity contribution in [1.82, 2.24) is 24.4 Å². The van der Waals surface area contributed by atoms with Crippen LogP contribution in [0.25, 0.3) is 5.65 Å². The first-order chi connectivity index (χ1) is 15.5. The Labute approximate surface area is 197 Å². The first-order valence-electron chi connectivity index (χ1n) is 9.06. The molecule has 0 fully saturated rings. The Hall–Kier alpha value is -2.89. The molecule has 0 atom stereocenters. The van der Waals surface area contributed by atoms with Crippen LogP contribution in [0, 0.1) is 12.7 Å². The Balaban J connectivity index is 1.65. The average Bonchev–Trinajstić information content (AvgIpc) is 3.23. The summed E-state index contributed by atoms with van der Waals surface area (Å²) in [6.07, 6.45) is -3.44. The maximum Gasteiger partial charge on any atom is 0.433 e. The summed E-state index contributed by atoms with van der Waals surface area (Å²) in [4.78, 5) is 16.6. The standard InChI is InChI=1S/C19H11Cl3F4N6O/c1-8-5-13(19(24,25)26)32-17(27-8)14(22)15(29-32)18(33)28-16-11(21)7-31(30-16)6-9-10(20)3-2-4-12(9)23/h2-5,7H,6H2,1H3,(H,28,30,33). The predicted octanol–water partition coefficient (Wildman–Crippen LogP) is 5.65. The Bertz CT molecular complexity index is 1380. The van der Waals surface area contributed by atoms with Crippen LogP contribution >= 0.6 is 34.8 Å². The SMILES string of the molecule is Cc1cc(C(F)(F)F)n2nc(C(=O)Nc3nn(Cc4c(F)cccc4Cl)cc3Cl)c(Cl)c2n1. The molecule has 1 N–H and O–H groups in total. The van der Waals surface area contributed by atoms with E-state index in [1.165, 1.54) is 36.0 Å². The fourth-order valence-electron chi connectivity index (χ4n) is 3.03. The molecule has 0 saturated heterocycles. The highest BCUT2D eigenvalue weighted by atomic mass is 35.5. The smallest absolute Gasteiger partial charge is 0.302 e. The summed E-state index contributed by atoms with van der Waals surface area (Å²) in [6, 6.07) is 4.96. The summed E-state index contributed by atoms with van der Waals surface area (Å²) in [6.45, 7) is 1.26. The number of anilines is 1. The van der Waals surface area contributed by atoms with E-state index in [2.05, 4.69) is 20.5 Å². The molecule has 0 unspecified atom stereocenters. The molecule has 3 aromatic heterocycles. The zero-order valence-electron chi connectivity index (χ0n) is 16.4. The molecule has 1 amide bonds. The van der Waals surface area contributed by atoms with Gasteiger partial charge in [0, 0.05) is 22.5 Å². The summed E-state index contributed by atoms with van der Waals surface area (Å²) in [5.41, 5.74) is -1.80. The van der Waals surface area contributed by atoms with Crippen molar-refractivity contribution in [3.05, 3.63) is 74.0 Å². The predicted molar refractivity (Wildman–Crippen MR) is 113 cm³/mol. The molecular formula is C19H11Cl3F4N6O. The molecule has 3 heterocycles. The van der Waals surface area contributed by atoms with Gasteiger partial charge in [0.05, 0.1) is 6.54 Å². The maximum absolute atomic E-state index is 14.0. The molecule has 7 nitrogen and oxygen atoms in total. The first-order valence-corrected chi connectivity index (χ1v) is 10.2. The third-order valence-corrected chi connectivity index (χ3v) is 5.48. The van der Waals surface area contributed by atoms with Crippen molar-refractivity contribution in [1.29, 1.82) is 0 Å². The number of fused-ring (bicyclic) bond motifs is 1. The Morgan fingerprint density at radius 3 is 2.55 bits per heavy atom. The van der Waals surface area contributed by atoms with Gasteiger partial charge >= 0.3 is 6.18 Å². The molecule has 0 aliphatic rings. The molecule has 14 heteroatoms. The molecule has 172 valence electrons. The molecule has 0 aliphatic carbocycles. The van der Waals surface area contributed by atoms with Crippen molar-refractivity contribution in [3.8, 4) is 0 Å². The summed E-state index contributed by atoms with van der Waals surface area (Å²) in [7, 11) is 0. The largest absolute Gasteiger partial charge is 0.433 e. The lowest BCUT2D eigenvalue weighted by molar-refractivity contribution is -0.142. The number of rotatable bonds is 4. The highest BCUT2D eigenvalue weighted by Crippen LogP contribution is 2.32. The van der Waals surface area contributed by atoms with E-state index in [-0.39, 0.29) is 44.3 Å². The number of carbonyl (C=O) groups excluding carboxylic acids is 1. The van der Waals surface area contributed by atoms with E-state index < -0.39 is 29.3 Å². The van der Waals surface area contributed by atoms with Crippen LogP contribution in [0.3, 0.4) is 0 Å². The summed E-state index contributed by atoms with van der Waals surface area (Å²) in [5, 5.41) is 9.87. The molecule has 4 aromatic rings. The second-order valence-electron chi connectivity index (χ2n) is 6.86. The van der Waals surface area contributed by atoms with Gasteiger partial charge in [0.2, 0.25) is 0 Å². The number of carbonyl (C=O) groups is 1. The van der Waals surface area contributed by atoms with Gasteiger partial charge in [-0.25, -0.2) is 13.9 Å². The molecule has 0 radical (unpaired) electrons. The van der Waals surface area contributed by atoms with Gasteiger partial charge in [-0.3, -0.25) is 9.48 Å². The van der Waals surface area contributed by atoms with E-state index in [4.69, 9.17) is 34.8 Å². The van der Waals surface area contributed by atoms with E-state index in [0.717, 1.165) is 6.07 Å². The van der Waals surface area contributed by atoms with Crippen LogP contribution in [0.1, 0.15) is 27.4 Å². The van der Waals surface area contributed by atoms with Gasteiger partial charge in [0.1, 0.15) is 21.6 Å². The normalized spacial score (nSPS) is 11.9. The van der Waals surface area contributed by atoms with Crippen molar-refractivity contribution >= 4 is 52.2 Å². The monoisotopic (exact) mass is 520 g/mol. The topological polar surface area (TPSA) is 77.1 Å². The molecule has 0 bridgehead atoms. The lowest BCUT2D eigenvalue weighted by atomic mass is 10.2. The molecule has 33 heavy (non-hydrogen) atoms. The molecule has 1 aromatic carbocycles. The van der Waals surface area contributed by atoms with E-state index in [1.807, 2.05) is 0 Å². The average molecular weight is 522 g/mol. The van der Waals surface area contributed by atoms with Crippen LogP contribution in [0.15, 0.2) is 30.5 Å². The Morgan fingerprint density at radius 1 is 1.15 bits per heavy atom. The van der Waals surface area contributed by atoms with Gasteiger partial charge in [-0.15, -0.1) is 0 Å². The minimum atomic E-state index is -4.76. The molecule has 0 saturated carbocycles. The zero-order valence-corrected chi connectivity index (χ0v) is 18.7. The number of nitrogens with one attached hydrogen (secondary N) is 1. The number of aromatic nitrogens is 5. The highest BCUT2D eigenvalue weighted by molar-refractivity contribution is 6.37. The van der Waals surface area contributed by atoms with Gasteiger partial charge < -0.3 is 5.32 Å². The third-order valence-electron chi connectivity index (χ3n) is 4.50.